The van der Waals surface area contributed by atoms with E-state index in [1.807, 2.05) is 30.3 Å². The van der Waals surface area contributed by atoms with Gasteiger partial charge in [-0.1, -0.05) is 43.3 Å². The SMILES string of the molecule is CC[C@H](C(=O)NCc1ccc2c(c1)cc(C)n2C)c1ccccc1. The summed E-state index contributed by atoms with van der Waals surface area (Å²) in [6, 6.07) is 18.5. The molecule has 0 spiro atoms. The second kappa shape index (κ2) is 6.91. The minimum atomic E-state index is -0.0890. The molecule has 24 heavy (non-hydrogen) atoms. The first-order valence-electron chi connectivity index (χ1n) is 8.47. The molecule has 0 bridgehead atoms. The number of amides is 1. The molecule has 124 valence electrons. The van der Waals surface area contributed by atoms with E-state index < -0.39 is 0 Å². The first-order chi connectivity index (χ1) is 11.6. The van der Waals surface area contributed by atoms with Crippen LogP contribution in [0.4, 0.5) is 0 Å². The standard InChI is InChI=1S/C21H24N2O/c1-4-19(17-8-6-5-7-9-17)21(24)22-14-16-10-11-20-18(13-16)12-15(2)23(20)3/h5-13,19H,4,14H2,1-3H3,(H,22,24)/t19-/m0/s1. The van der Waals surface area contributed by atoms with Crippen molar-refractivity contribution in [3.05, 3.63) is 71.4 Å². The second-order valence-corrected chi connectivity index (χ2v) is 6.33. The number of benzene rings is 2. The molecular weight excluding hydrogens is 296 g/mol. The van der Waals surface area contributed by atoms with Crippen molar-refractivity contribution in [3.63, 3.8) is 0 Å². The number of rotatable bonds is 5. The minimum Gasteiger partial charge on any atom is -0.351 e. The van der Waals surface area contributed by atoms with Gasteiger partial charge in [0, 0.05) is 30.2 Å². The van der Waals surface area contributed by atoms with Crippen molar-refractivity contribution in [1.29, 1.82) is 0 Å². The average Bonchev–Trinajstić information content (AvgIpc) is 2.88. The topological polar surface area (TPSA) is 34.0 Å². The quantitative estimate of drug-likeness (QED) is 0.747. The molecule has 1 heterocycles. The van der Waals surface area contributed by atoms with Crippen LogP contribution in [0, 0.1) is 6.92 Å². The summed E-state index contributed by atoms with van der Waals surface area (Å²) < 4.78 is 2.18. The summed E-state index contributed by atoms with van der Waals surface area (Å²) in [5, 5.41) is 4.31. The first kappa shape index (κ1) is 16.3. The Labute approximate surface area is 143 Å². The number of nitrogens with one attached hydrogen (secondary N) is 1. The van der Waals surface area contributed by atoms with Gasteiger partial charge in [0.25, 0.3) is 0 Å². The lowest BCUT2D eigenvalue weighted by Crippen LogP contribution is -2.28. The maximum atomic E-state index is 12.6. The smallest absolute Gasteiger partial charge is 0.227 e. The summed E-state index contributed by atoms with van der Waals surface area (Å²) in [5.74, 6) is 0.00180. The van der Waals surface area contributed by atoms with Crippen molar-refractivity contribution in [2.45, 2.75) is 32.7 Å². The maximum Gasteiger partial charge on any atom is 0.227 e. The first-order valence-corrected chi connectivity index (χ1v) is 8.47. The van der Waals surface area contributed by atoms with Gasteiger partial charge in [0.05, 0.1) is 5.92 Å². The zero-order chi connectivity index (χ0) is 17.1. The summed E-state index contributed by atoms with van der Waals surface area (Å²) in [5.41, 5.74) is 4.66. The Morgan fingerprint density at radius 2 is 1.88 bits per heavy atom. The van der Waals surface area contributed by atoms with Crippen LogP contribution in [0.5, 0.6) is 0 Å². The van der Waals surface area contributed by atoms with Crippen molar-refractivity contribution < 1.29 is 4.79 Å². The van der Waals surface area contributed by atoms with Crippen LogP contribution in [0.25, 0.3) is 10.9 Å². The highest BCUT2D eigenvalue weighted by Gasteiger charge is 2.17. The minimum absolute atomic E-state index is 0.0890. The molecule has 0 fully saturated rings. The van der Waals surface area contributed by atoms with Gasteiger partial charge in [-0.3, -0.25) is 4.79 Å². The molecule has 1 amide bonds. The van der Waals surface area contributed by atoms with E-state index in [-0.39, 0.29) is 11.8 Å². The molecule has 0 unspecified atom stereocenters. The molecule has 0 radical (unpaired) electrons. The van der Waals surface area contributed by atoms with Gasteiger partial charge >= 0.3 is 0 Å². The van der Waals surface area contributed by atoms with E-state index in [2.05, 4.69) is 55.0 Å². The van der Waals surface area contributed by atoms with E-state index in [0.29, 0.717) is 6.54 Å². The monoisotopic (exact) mass is 320 g/mol. The van der Waals surface area contributed by atoms with Crippen molar-refractivity contribution in [2.75, 3.05) is 0 Å². The number of aromatic nitrogens is 1. The molecule has 0 aliphatic heterocycles. The van der Waals surface area contributed by atoms with Gasteiger partial charge < -0.3 is 9.88 Å². The van der Waals surface area contributed by atoms with Gasteiger partial charge in [-0.05, 0) is 42.7 Å². The van der Waals surface area contributed by atoms with Crippen LogP contribution in [-0.2, 0) is 18.4 Å². The Kier molecular flexibility index (Phi) is 4.70. The number of hydrogen-bond donors (Lipinski definition) is 1. The highest BCUT2D eigenvalue weighted by Crippen LogP contribution is 2.21. The number of carbonyl (C=O) groups excluding carboxylic acids is 1. The summed E-state index contributed by atoms with van der Waals surface area (Å²) in [6.07, 6.45) is 0.798. The molecule has 3 nitrogen and oxygen atoms in total. The van der Waals surface area contributed by atoms with Gasteiger partial charge in [0.2, 0.25) is 5.91 Å². The number of nitrogens with zero attached hydrogens (tertiary/aromatic N) is 1. The lowest BCUT2D eigenvalue weighted by Gasteiger charge is -2.15. The molecule has 1 aromatic heterocycles. The molecular formula is C21H24N2O. The van der Waals surface area contributed by atoms with E-state index >= 15 is 0 Å². The van der Waals surface area contributed by atoms with Crippen LogP contribution in [0.1, 0.15) is 36.1 Å². The predicted octanol–water partition coefficient (Wildman–Crippen LogP) is 4.30. The fourth-order valence-electron chi connectivity index (χ4n) is 3.22. The molecule has 1 N–H and O–H groups in total. The average molecular weight is 320 g/mol. The van der Waals surface area contributed by atoms with Crippen LogP contribution in [0.2, 0.25) is 0 Å². The third-order valence-corrected chi connectivity index (χ3v) is 4.74. The van der Waals surface area contributed by atoms with Gasteiger partial charge in [-0.25, -0.2) is 0 Å². The van der Waals surface area contributed by atoms with E-state index in [1.165, 1.54) is 16.6 Å². The molecule has 0 aliphatic carbocycles. The fourth-order valence-corrected chi connectivity index (χ4v) is 3.22. The van der Waals surface area contributed by atoms with Gasteiger partial charge in [0.15, 0.2) is 0 Å². The number of hydrogen-bond acceptors (Lipinski definition) is 1. The van der Waals surface area contributed by atoms with Crippen LogP contribution in [0.3, 0.4) is 0 Å². The second-order valence-electron chi connectivity index (χ2n) is 6.33. The predicted molar refractivity (Wildman–Crippen MR) is 99.0 cm³/mol. The Bertz CT molecular complexity index is 849. The highest BCUT2D eigenvalue weighted by molar-refractivity contribution is 5.84. The number of fused-ring (bicyclic) bond motifs is 1. The van der Waals surface area contributed by atoms with Gasteiger partial charge in [-0.2, -0.15) is 0 Å². The number of aryl methyl sites for hydroxylation is 2. The number of carbonyl (C=O) groups is 1. The highest BCUT2D eigenvalue weighted by atomic mass is 16.1. The molecule has 2 aromatic carbocycles. The summed E-state index contributed by atoms with van der Waals surface area (Å²) in [7, 11) is 2.07. The van der Waals surface area contributed by atoms with Crippen LogP contribution >= 0.6 is 0 Å². The van der Waals surface area contributed by atoms with Gasteiger partial charge in [0.1, 0.15) is 0 Å². The van der Waals surface area contributed by atoms with Crippen LogP contribution in [0.15, 0.2) is 54.6 Å². The molecule has 3 rings (SSSR count). The molecule has 1 atom stereocenters. The van der Waals surface area contributed by atoms with Crippen LogP contribution in [-0.4, -0.2) is 10.5 Å². The Morgan fingerprint density at radius 1 is 1.12 bits per heavy atom. The third kappa shape index (κ3) is 3.21. The van der Waals surface area contributed by atoms with Crippen LogP contribution < -0.4 is 5.32 Å². The summed E-state index contributed by atoms with van der Waals surface area (Å²) in [4.78, 5) is 12.6. The zero-order valence-electron chi connectivity index (χ0n) is 14.5. The third-order valence-electron chi connectivity index (χ3n) is 4.74. The molecule has 3 heteroatoms. The van der Waals surface area contributed by atoms with Crippen molar-refractivity contribution in [1.82, 2.24) is 9.88 Å². The molecule has 3 aromatic rings. The van der Waals surface area contributed by atoms with E-state index in [9.17, 15) is 4.79 Å². The van der Waals surface area contributed by atoms with E-state index in [1.54, 1.807) is 0 Å². The summed E-state index contributed by atoms with van der Waals surface area (Å²) >= 11 is 0. The van der Waals surface area contributed by atoms with E-state index in [4.69, 9.17) is 0 Å². The lowest BCUT2D eigenvalue weighted by atomic mass is 9.95. The largest absolute Gasteiger partial charge is 0.351 e. The summed E-state index contributed by atoms with van der Waals surface area (Å²) in [6.45, 7) is 4.72. The van der Waals surface area contributed by atoms with Crippen molar-refractivity contribution >= 4 is 16.8 Å². The maximum absolute atomic E-state index is 12.6. The lowest BCUT2D eigenvalue weighted by molar-refractivity contribution is -0.122. The molecule has 0 saturated carbocycles. The zero-order valence-corrected chi connectivity index (χ0v) is 14.5. The Morgan fingerprint density at radius 3 is 2.58 bits per heavy atom. The normalized spacial score (nSPS) is 12.3. The Balaban J connectivity index is 1.71. The van der Waals surface area contributed by atoms with Crippen molar-refractivity contribution in [3.8, 4) is 0 Å². The van der Waals surface area contributed by atoms with E-state index in [0.717, 1.165) is 17.5 Å². The van der Waals surface area contributed by atoms with Gasteiger partial charge in [-0.15, -0.1) is 0 Å². The molecule has 0 aliphatic rings. The fraction of sp³-hybridized carbons (Fsp3) is 0.286. The Hall–Kier alpha value is -2.55. The van der Waals surface area contributed by atoms with Crippen molar-refractivity contribution in [2.24, 2.45) is 7.05 Å². The molecule has 0 saturated heterocycles.